The summed E-state index contributed by atoms with van der Waals surface area (Å²) in [6, 6.07) is 22.1. The van der Waals surface area contributed by atoms with Crippen LogP contribution in [0, 0.1) is 11.6 Å². The number of amides is 2. The fraction of sp³-hybridized carbons (Fsp3) is 0.300. The molecule has 1 saturated heterocycles. The number of carbonyl (C=O) groups is 2. The van der Waals surface area contributed by atoms with Gasteiger partial charge < -0.3 is 9.64 Å². The number of benzene rings is 3. The molecular formula is C30H29F2N3O3. The summed E-state index contributed by atoms with van der Waals surface area (Å²) in [6.45, 7) is 3.78. The molecule has 196 valence electrons. The lowest BCUT2D eigenvalue weighted by Gasteiger charge is -2.37. The van der Waals surface area contributed by atoms with Crippen molar-refractivity contribution in [3.63, 3.8) is 0 Å². The van der Waals surface area contributed by atoms with Crippen LogP contribution in [0.25, 0.3) is 0 Å². The Morgan fingerprint density at radius 2 is 1.74 bits per heavy atom. The zero-order chi connectivity index (χ0) is 26.9. The normalized spacial score (nSPS) is 22.9. The van der Waals surface area contributed by atoms with Gasteiger partial charge in [-0.15, -0.1) is 0 Å². The van der Waals surface area contributed by atoms with E-state index in [1.165, 1.54) is 11.9 Å². The number of hydrazone groups is 1. The monoisotopic (exact) mass is 517 g/mol. The zero-order valence-corrected chi connectivity index (χ0v) is 21.3. The molecule has 5 rings (SSSR count). The van der Waals surface area contributed by atoms with Crippen LogP contribution in [0.4, 0.5) is 13.6 Å². The van der Waals surface area contributed by atoms with Crippen LogP contribution in [0.15, 0.2) is 84.0 Å². The van der Waals surface area contributed by atoms with Crippen molar-refractivity contribution in [3.05, 3.63) is 107 Å². The highest BCUT2D eigenvalue weighted by molar-refractivity contribution is 6.04. The van der Waals surface area contributed by atoms with E-state index in [2.05, 4.69) is 5.10 Å². The van der Waals surface area contributed by atoms with Crippen molar-refractivity contribution >= 4 is 17.7 Å². The maximum atomic E-state index is 14.7. The number of halogens is 2. The number of carbonyl (C=O) groups excluding carboxylic acids is 2. The van der Waals surface area contributed by atoms with Crippen LogP contribution >= 0.6 is 0 Å². The molecule has 0 radical (unpaired) electrons. The van der Waals surface area contributed by atoms with Gasteiger partial charge in [-0.05, 0) is 49.1 Å². The standard InChI is InChI=1S/C30H29F2N3O3/c1-20-28(22-10-5-3-6-11-22)38-29(37)34(20)17-9-16-30(23-12-7-4-8-13-23)19-27(33-35(30)21(2)36)25-18-24(31)14-15-26(25)32/h3-8,10-15,18,20,28H,9,16-17,19H2,1-2H3/t20-,28-,30-/m0/s1. The molecular weight excluding hydrogens is 488 g/mol. The quantitative estimate of drug-likeness (QED) is 0.376. The highest BCUT2D eigenvalue weighted by Crippen LogP contribution is 2.44. The maximum Gasteiger partial charge on any atom is 0.410 e. The predicted octanol–water partition coefficient (Wildman–Crippen LogP) is 6.18. The Morgan fingerprint density at radius 1 is 1.05 bits per heavy atom. The minimum Gasteiger partial charge on any atom is -0.439 e. The summed E-state index contributed by atoms with van der Waals surface area (Å²) in [7, 11) is 0. The van der Waals surface area contributed by atoms with Gasteiger partial charge in [-0.25, -0.2) is 18.6 Å². The maximum absolute atomic E-state index is 14.7. The second-order valence-corrected chi connectivity index (χ2v) is 9.83. The van der Waals surface area contributed by atoms with Gasteiger partial charge in [0, 0.05) is 25.5 Å². The first kappa shape index (κ1) is 25.6. The molecule has 2 amide bonds. The first-order chi connectivity index (χ1) is 18.3. The summed E-state index contributed by atoms with van der Waals surface area (Å²) >= 11 is 0. The van der Waals surface area contributed by atoms with Gasteiger partial charge in [0.25, 0.3) is 0 Å². The minimum absolute atomic E-state index is 0.0384. The van der Waals surface area contributed by atoms with Crippen LogP contribution in [-0.2, 0) is 15.1 Å². The van der Waals surface area contributed by atoms with E-state index < -0.39 is 17.2 Å². The van der Waals surface area contributed by atoms with Crippen LogP contribution in [0.1, 0.15) is 55.9 Å². The molecule has 6 nitrogen and oxygen atoms in total. The van der Waals surface area contributed by atoms with Crippen LogP contribution in [0.3, 0.4) is 0 Å². The van der Waals surface area contributed by atoms with E-state index in [0.29, 0.717) is 25.1 Å². The summed E-state index contributed by atoms with van der Waals surface area (Å²) in [4.78, 5) is 27.3. The number of cyclic esters (lactones) is 1. The average Bonchev–Trinajstić information content (AvgIpc) is 3.45. The lowest BCUT2D eigenvalue weighted by atomic mass is 9.80. The fourth-order valence-corrected chi connectivity index (χ4v) is 5.59. The van der Waals surface area contributed by atoms with Gasteiger partial charge in [-0.2, -0.15) is 5.10 Å². The van der Waals surface area contributed by atoms with E-state index in [9.17, 15) is 18.4 Å². The van der Waals surface area contributed by atoms with E-state index in [1.807, 2.05) is 67.6 Å². The number of hydrogen-bond acceptors (Lipinski definition) is 4. The number of hydrogen-bond donors (Lipinski definition) is 0. The highest BCUT2D eigenvalue weighted by atomic mass is 19.1. The third-order valence-electron chi connectivity index (χ3n) is 7.44. The number of nitrogens with zero attached hydrogens (tertiary/aromatic N) is 3. The Hall–Kier alpha value is -4.07. The van der Waals surface area contributed by atoms with Crippen molar-refractivity contribution in [2.24, 2.45) is 5.10 Å². The molecule has 0 aromatic heterocycles. The second kappa shape index (κ2) is 10.4. The SMILES string of the molecule is CC(=O)N1N=C(c2cc(F)ccc2F)C[C@@]1(CCCN1C(=O)O[C@H](c2ccccc2)[C@@H]1C)c1ccccc1. The molecule has 3 aromatic carbocycles. The van der Waals surface area contributed by atoms with E-state index in [1.54, 1.807) is 4.90 Å². The Balaban J connectivity index is 1.41. The molecule has 0 aliphatic carbocycles. The molecule has 0 bridgehead atoms. The fourth-order valence-electron chi connectivity index (χ4n) is 5.59. The summed E-state index contributed by atoms with van der Waals surface area (Å²) < 4.78 is 34.4. The lowest BCUT2D eigenvalue weighted by molar-refractivity contribution is -0.135. The van der Waals surface area contributed by atoms with Crippen molar-refractivity contribution < 1.29 is 23.1 Å². The van der Waals surface area contributed by atoms with Gasteiger partial charge in [0.1, 0.15) is 17.7 Å². The lowest BCUT2D eigenvalue weighted by Crippen LogP contribution is -2.43. The van der Waals surface area contributed by atoms with Crippen molar-refractivity contribution in [1.82, 2.24) is 9.91 Å². The Kier molecular flexibility index (Phi) is 6.97. The van der Waals surface area contributed by atoms with Crippen LogP contribution < -0.4 is 0 Å². The predicted molar refractivity (Wildman–Crippen MR) is 139 cm³/mol. The molecule has 2 heterocycles. The van der Waals surface area contributed by atoms with Crippen molar-refractivity contribution in [2.75, 3.05) is 6.54 Å². The average molecular weight is 518 g/mol. The molecule has 1 fully saturated rings. The van der Waals surface area contributed by atoms with E-state index >= 15 is 0 Å². The Labute approximate surface area is 220 Å². The largest absolute Gasteiger partial charge is 0.439 e. The zero-order valence-electron chi connectivity index (χ0n) is 21.3. The second-order valence-electron chi connectivity index (χ2n) is 9.83. The molecule has 0 N–H and O–H groups in total. The van der Waals surface area contributed by atoms with Crippen molar-refractivity contribution in [1.29, 1.82) is 0 Å². The summed E-state index contributed by atoms with van der Waals surface area (Å²) in [6.07, 6.45) is 0.455. The first-order valence-electron chi connectivity index (χ1n) is 12.7. The van der Waals surface area contributed by atoms with E-state index in [0.717, 1.165) is 29.3 Å². The molecule has 8 heteroatoms. The minimum atomic E-state index is -0.910. The number of rotatable bonds is 7. The third-order valence-corrected chi connectivity index (χ3v) is 7.44. The molecule has 2 aliphatic rings. The van der Waals surface area contributed by atoms with Crippen molar-refractivity contribution in [2.45, 2.75) is 50.8 Å². The Bertz CT molecular complexity index is 1370. The topological polar surface area (TPSA) is 62.2 Å². The molecule has 3 aromatic rings. The molecule has 2 aliphatic heterocycles. The van der Waals surface area contributed by atoms with Crippen LogP contribution in [0.5, 0.6) is 0 Å². The summed E-state index contributed by atoms with van der Waals surface area (Å²) in [5.74, 6) is -1.48. The van der Waals surface area contributed by atoms with Crippen LogP contribution in [0.2, 0.25) is 0 Å². The van der Waals surface area contributed by atoms with E-state index in [-0.39, 0.29) is 36.1 Å². The molecule has 38 heavy (non-hydrogen) atoms. The van der Waals surface area contributed by atoms with Gasteiger partial charge in [-0.3, -0.25) is 4.79 Å². The molecule has 0 unspecified atom stereocenters. The van der Waals surface area contributed by atoms with Crippen molar-refractivity contribution in [3.8, 4) is 0 Å². The van der Waals surface area contributed by atoms with Crippen LogP contribution in [-0.4, -0.2) is 40.2 Å². The molecule has 0 saturated carbocycles. The number of ether oxygens (including phenoxy) is 1. The van der Waals surface area contributed by atoms with Gasteiger partial charge in [-0.1, -0.05) is 60.7 Å². The van der Waals surface area contributed by atoms with Gasteiger partial charge >= 0.3 is 6.09 Å². The van der Waals surface area contributed by atoms with E-state index in [4.69, 9.17) is 4.74 Å². The Morgan fingerprint density at radius 3 is 2.42 bits per heavy atom. The molecule has 3 atom stereocenters. The third kappa shape index (κ3) is 4.66. The first-order valence-corrected chi connectivity index (χ1v) is 12.7. The smallest absolute Gasteiger partial charge is 0.410 e. The van der Waals surface area contributed by atoms with Gasteiger partial charge in [0.15, 0.2) is 0 Å². The summed E-state index contributed by atoms with van der Waals surface area (Å²) in [5, 5.41) is 5.90. The molecule has 0 spiro atoms. The summed E-state index contributed by atoms with van der Waals surface area (Å²) in [5.41, 5.74) is 1.21. The van der Waals surface area contributed by atoms with Gasteiger partial charge in [0.05, 0.1) is 17.3 Å². The van der Waals surface area contributed by atoms with Gasteiger partial charge in [0.2, 0.25) is 5.91 Å². The highest BCUT2D eigenvalue weighted by Gasteiger charge is 2.47.